The van der Waals surface area contributed by atoms with Crippen molar-refractivity contribution in [2.24, 2.45) is 0 Å². The van der Waals surface area contributed by atoms with E-state index in [1.165, 1.54) is 5.69 Å². The van der Waals surface area contributed by atoms with Crippen molar-refractivity contribution >= 4 is 15.7 Å². The van der Waals surface area contributed by atoms with Crippen LogP contribution in [-0.4, -0.2) is 59.7 Å². The first kappa shape index (κ1) is 22.3. The predicted octanol–water partition coefficient (Wildman–Crippen LogP) is 3.46. The molecule has 1 saturated heterocycles. The second-order valence-electron chi connectivity index (χ2n) is 7.81. The summed E-state index contributed by atoms with van der Waals surface area (Å²) in [7, 11) is -1.85. The maximum absolute atomic E-state index is 12.7. The quantitative estimate of drug-likeness (QED) is 0.568. The van der Waals surface area contributed by atoms with Crippen LogP contribution in [0.4, 0.5) is 5.69 Å². The number of ether oxygens (including phenoxy) is 1. The SMILES string of the molecule is COc1ccc(N2CCN(CCNS(=O)(=O)c3ccc(-c4ccccc4)cc3)CC2)cc1. The van der Waals surface area contributed by atoms with E-state index in [0.717, 1.165) is 43.1 Å². The lowest BCUT2D eigenvalue weighted by molar-refractivity contribution is 0.262. The first-order chi connectivity index (χ1) is 15.5. The van der Waals surface area contributed by atoms with Crippen molar-refractivity contribution < 1.29 is 13.2 Å². The van der Waals surface area contributed by atoms with Crippen LogP contribution in [0, 0.1) is 0 Å². The predicted molar refractivity (Wildman–Crippen MR) is 129 cm³/mol. The van der Waals surface area contributed by atoms with Crippen molar-refractivity contribution in [3.63, 3.8) is 0 Å². The zero-order valence-electron chi connectivity index (χ0n) is 18.3. The van der Waals surface area contributed by atoms with Gasteiger partial charge in [0.15, 0.2) is 0 Å². The molecule has 1 aliphatic rings. The highest BCUT2D eigenvalue weighted by Gasteiger charge is 2.19. The normalized spacial score (nSPS) is 15.0. The standard InChI is InChI=1S/C25H29N3O3S/c1-31-24-11-9-23(10-12-24)28-19-17-27(18-20-28)16-15-26-32(29,30)25-13-7-22(8-14-25)21-5-3-2-4-6-21/h2-14,26H,15-20H2,1H3. The number of benzene rings is 3. The van der Waals surface area contributed by atoms with Gasteiger partial charge in [-0.3, -0.25) is 4.90 Å². The first-order valence-corrected chi connectivity index (χ1v) is 12.3. The minimum atomic E-state index is -3.52. The number of sulfonamides is 1. The van der Waals surface area contributed by atoms with Crippen molar-refractivity contribution in [1.82, 2.24) is 9.62 Å². The third-order valence-electron chi connectivity index (χ3n) is 5.80. The van der Waals surface area contributed by atoms with Crippen LogP contribution in [0.3, 0.4) is 0 Å². The van der Waals surface area contributed by atoms with Gasteiger partial charge in [0, 0.05) is 45.0 Å². The highest BCUT2D eigenvalue weighted by atomic mass is 32.2. The molecule has 0 amide bonds. The maximum Gasteiger partial charge on any atom is 0.240 e. The van der Waals surface area contributed by atoms with Crippen LogP contribution in [-0.2, 0) is 10.0 Å². The monoisotopic (exact) mass is 451 g/mol. The summed E-state index contributed by atoms with van der Waals surface area (Å²) >= 11 is 0. The minimum absolute atomic E-state index is 0.293. The Morgan fingerprint density at radius 1 is 0.812 bits per heavy atom. The Balaban J connectivity index is 1.25. The average molecular weight is 452 g/mol. The van der Waals surface area contributed by atoms with E-state index in [-0.39, 0.29) is 0 Å². The van der Waals surface area contributed by atoms with Gasteiger partial charge in [-0.25, -0.2) is 13.1 Å². The molecule has 0 radical (unpaired) electrons. The number of anilines is 1. The second-order valence-corrected chi connectivity index (χ2v) is 9.58. The number of hydrogen-bond acceptors (Lipinski definition) is 5. The molecule has 0 aromatic heterocycles. The van der Waals surface area contributed by atoms with Crippen LogP contribution in [0.25, 0.3) is 11.1 Å². The van der Waals surface area contributed by atoms with Crippen molar-refractivity contribution in [2.75, 3.05) is 51.3 Å². The van der Waals surface area contributed by atoms with Gasteiger partial charge in [0.1, 0.15) is 5.75 Å². The third kappa shape index (κ3) is 5.48. The molecule has 0 bridgehead atoms. The van der Waals surface area contributed by atoms with Gasteiger partial charge in [-0.15, -0.1) is 0 Å². The van der Waals surface area contributed by atoms with Crippen LogP contribution in [0.1, 0.15) is 0 Å². The lowest BCUT2D eigenvalue weighted by Crippen LogP contribution is -2.48. The van der Waals surface area contributed by atoms with Gasteiger partial charge in [0.25, 0.3) is 0 Å². The highest BCUT2D eigenvalue weighted by Crippen LogP contribution is 2.22. The number of nitrogens with one attached hydrogen (secondary N) is 1. The van der Waals surface area contributed by atoms with Gasteiger partial charge in [-0.05, 0) is 47.5 Å². The molecule has 6 nitrogen and oxygen atoms in total. The number of methoxy groups -OCH3 is 1. The lowest BCUT2D eigenvalue weighted by Gasteiger charge is -2.36. The number of nitrogens with zero attached hydrogens (tertiary/aromatic N) is 2. The Labute approximate surface area is 190 Å². The fourth-order valence-corrected chi connectivity index (χ4v) is 4.92. The smallest absolute Gasteiger partial charge is 0.240 e. The molecule has 1 heterocycles. The molecule has 1 aliphatic heterocycles. The van der Waals surface area contributed by atoms with Crippen molar-refractivity contribution in [1.29, 1.82) is 0 Å². The summed E-state index contributed by atoms with van der Waals surface area (Å²) in [4.78, 5) is 4.93. The molecule has 1 fully saturated rings. The van der Waals surface area contributed by atoms with Crippen LogP contribution < -0.4 is 14.4 Å². The van der Waals surface area contributed by atoms with E-state index in [4.69, 9.17) is 4.74 Å². The van der Waals surface area contributed by atoms with Crippen LogP contribution in [0.5, 0.6) is 5.75 Å². The van der Waals surface area contributed by atoms with Gasteiger partial charge in [0.05, 0.1) is 12.0 Å². The van der Waals surface area contributed by atoms with Crippen LogP contribution in [0.2, 0.25) is 0 Å². The average Bonchev–Trinajstić information content (AvgIpc) is 2.85. The number of piperazine rings is 1. The minimum Gasteiger partial charge on any atom is -0.497 e. The van der Waals surface area contributed by atoms with Gasteiger partial charge < -0.3 is 9.64 Å². The van der Waals surface area contributed by atoms with Gasteiger partial charge in [-0.1, -0.05) is 42.5 Å². The Bertz CT molecular complexity index is 1090. The summed E-state index contributed by atoms with van der Waals surface area (Å²) in [6.07, 6.45) is 0. The van der Waals surface area contributed by atoms with E-state index >= 15 is 0 Å². The summed E-state index contributed by atoms with van der Waals surface area (Å²) in [5.74, 6) is 0.856. The number of hydrogen-bond donors (Lipinski definition) is 1. The fraction of sp³-hybridized carbons (Fsp3) is 0.280. The Kier molecular flexibility index (Phi) is 7.09. The molecule has 0 unspecified atom stereocenters. The first-order valence-electron chi connectivity index (χ1n) is 10.8. The van der Waals surface area contributed by atoms with Crippen molar-refractivity contribution in [3.8, 4) is 16.9 Å². The molecule has 168 valence electrons. The molecule has 3 aromatic rings. The molecule has 4 rings (SSSR count). The second kappa shape index (κ2) is 10.2. The highest BCUT2D eigenvalue weighted by molar-refractivity contribution is 7.89. The largest absolute Gasteiger partial charge is 0.497 e. The molecular formula is C25H29N3O3S. The maximum atomic E-state index is 12.7. The Hall–Kier alpha value is -2.87. The molecule has 0 atom stereocenters. The lowest BCUT2D eigenvalue weighted by atomic mass is 10.1. The zero-order chi connectivity index (χ0) is 22.4. The fourth-order valence-electron chi connectivity index (χ4n) is 3.90. The molecule has 0 aliphatic carbocycles. The zero-order valence-corrected chi connectivity index (χ0v) is 19.1. The molecule has 0 saturated carbocycles. The van der Waals surface area contributed by atoms with Gasteiger partial charge >= 0.3 is 0 Å². The van der Waals surface area contributed by atoms with E-state index in [1.807, 2.05) is 54.6 Å². The summed E-state index contributed by atoms with van der Waals surface area (Å²) in [6.45, 7) is 4.72. The summed E-state index contributed by atoms with van der Waals surface area (Å²) in [6, 6.07) is 25.1. The van der Waals surface area contributed by atoms with Crippen molar-refractivity contribution in [2.45, 2.75) is 4.90 Å². The van der Waals surface area contributed by atoms with E-state index in [9.17, 15) is 8.42 Å². The van der Waals surface area contributed by atoms with E-state index in [1.54, 1.807) is 19.2 Å². The summed E-state index contributed by atoms with van der Waals surface area (Å²) in [5.41, 5.74) is 3.25. The topological polar surface area (TPSA) is 61.9 Å². The van der Waals surface area contributed by atoms with E-state index in [0.29, 0.717) is 18.0 Å². The van der Waals surface area contributed by atoms with E-state index in [2.05, 4.69) is 26.7 Å². The molecule has 0 spiro atoms. The summed E-state index contributed by atoms with van der Waals surface area (Å²) < 4.78 is 33.3. The Morgan fingerprint density at radius 2 is 1.44 bits per heavy atom. The third-order valence-corrected chi connectivity index (χ3v) is 7.28. The molecular weight excluding hydrogens is 422 g/mol. The molecule has 32 heavy (non-hydrogen) atoms. The molecule has 7 heteroatoms. The number of rotatable bonds is 8. The Morgan fingerprint density at radius 3 is 2.06 bits per heavy atom. The van der Waals surface area contributed by atoms with Crippen molar-refractivity contribution in [3.05, 3.63) is 78.9 Å². The van der Waals surface area contributed by atoms with Crippen LogP contribution >= 0.6 is 0 Å². The molecule has 3 aromatic carbocycles. The van der Waals surface area contributed by atoms with Gasteiger partial charge in [0.2, 0.25) is 10.0 Å². The molecule has 1 N–H and O–H groups in total. The van der Waals surface area contributed by atoms with Gasteiger partial charge in [-0.2, -0.15) is 0 Å². The van der Waals surface area contributed by atoms with Crippen LogP contribution in [0.15, 0.2) is 83.8 Å². The summed E-state index contributed by atoms with van der Waals surface area (Å²) in [5, 5.41) is 0. The van der Waals surface area contributed by atoms with E-state index < -0.39 is 10.0 Å².